The third kappa shape index (κ3) is 3.56. The van der Waals surface area contributed by atoms with Gasteiger partial charge in [0.05, 0.1) is 18.5 Å². The summed E-state index contributed by atoms with van der Waals surface area (Å²) in [4.78, 5) is 14.9. The molecule has 1 saturated heterocycles. The van der Waals surface area contributed by atoms with Gasteiger partial charge in [0.1, 0.15) is 0 Å². The van der Waals surface area contributed by atoms with Gasteiger partial charge in [-0.3, -0.25) is 0 Å². The molecule has 0 saturated carbocycles. The number of carbonyl (C=O) groups excluding carboxylic acids is 1. The number of amides is 1. The van der Waals surface area contributed by atoms with Crippen LogP contribution in [0.15, 0.2) is 48.7 Å². The first-order chi connectivity index (χ1) is 16.1. The monoisotopic (exact) mass is 614 g/mol. The van der Waals surface area contributed by atoms with E-state index in [4.69, 9.17) is 4.74 Å². The minimum atomic E-state index is -0.530. The number of fused-ring (bicyclic) bond motifs is 4. The Morgan fingerprint density at radius 2 is 2.06 bits per heavy atom. The molecule has 0 bridgehead atoms. The molecule has 2 unspecified atom stereocenters. The number of rotatable bonds is 3. The predicted octanol–water partition coefficient (Wildman–Crippen LogP) is 2.56. The van der Waals surface area contributed by atoms with Crippen LogP contribution in [-0.2, 0) is 37.1 Å². The van der Waals surface area contributed by atoms with Crippen molar-refractivity contribution in [2.75, 3.05) is 13.1 Å². The third-order valence-corrected chi connectivity index (χ3v) is 7.46. The second-order valence-electron chi connectivity index (χ2n) is 8.33. The molecule has 0 radical (unpaired) electrons. The van der Waals surface area contributed by atoms with Crippen LogP contribution in [0.2, 0.25) is 0 Å². The fourth-order valence-corrected chi connectivity index (χ4v) is 5.48. The van der Waals surface area contributed by atoms with Gasteiger partial charge >= 0.3 is 161 Å². The molecule has 4 heterocycles. The van der Waals surface area contributed by atoms with E-state index >= 15 is 0 Å². The Bertz CT molecular complexity index is 1450. The maximum atomic E-state index is 14.8. The third-order valence-electron chi connectivity index (χ3n) is 6.34. The summed E-state index contributed by atoms with van der Waals surface area (Å²) in [7, 11) is 0. The number of benzene rings is 2. The van der Waals surface area contributed by atoms with Gasteiger partial charge < -0.3 is 4.74 Å². The zero-order valence-electron chi connectivity index (χ0n) is 17.4. The van der Waals surface area contributed by atoms with E-state index in [0.717, 1.165) is 31.4 Å². The van der Waals surface area contributed by atoms with Gasteiger partial charge in [-0.1, -0.05) is 5.21 Å². The summed E-state index contributed by atoms with van der Waals surface area (Å²) < 4.78 is 23.5. The summed E-state index contributed by atoms with van der Waals surface area (Å²) in [5, 5.41) is 17.9. The topological polar surface area (TPSA) is 88.9 Å². The fraction of sp³-hybridized carbons (Fsp3) is 0.261. The molecule has 8 nitrogen and oxygen atoms in total. The molecular formula is C23H19FN6O2W. The van der Waals surface area contributed by atoms with E-state index in [2.05, 4.69) is 26.6 Å². The standard InChI is InChI=1S/C23H19FN6O2.W/c24-19-6-5-14(8-20-17-4-2-1-3-15(17)9-25-27-20)7-18(19)23(31)29-11-21-22(12-29)32-13-16-10-26-28-30(16)21;/h1-7,10,21-22,25H,8,11-13H2;. The molecule has 166 valence electrons. The number of nitrogens with one attached hydrogen (secondary N) is 1. The average Bonchev–Trinajstić information content (AvgIpc) is 3.48. The first-order valence-corrected chi connectivity index (χ1v) is 12.1. The van der Waals surface area contributed by atoms with Gasteiger partial charge in [-0.25, -0.2) is 4.68 Å². The van der Waals surface area contributed by atoms with Crippen LogP contribution in [0.5, 0.6) is 0 Å². The van der Waals surface area contributed by atoms with Gasteiger partial charge in [0.15, 0.2) is 0 Å². The van der Waals surface area contributed by atoms with Crippen LogP contribution in [0, 0.1) is 9.49 Å². The van der Waals surface area contributed by atoms with Crippen molar-refractivity contribution in [3.05, 3.63) is 80.7 Å². The van der Waals surface area contributed by atoms with Crippen LogP contribution >= 0.6 is 0 Å². The van der Waals surface area contributed by atoms with E-state index in [1.807, 2.05) is 22.9 Å². The molecule has 4 aromatic rings. The zero-order valence-corrected chi connectivity index (χ0v) is 20.4. The number of ether oxygens (including phenoxy) is 1. The van der Waals surface area contributed by atoms with Gasteiger partial charge in [0.25, 0.3) is 0 Å². The van der Waals surface area contributed by atoms with Crippen molar-refractivity contribution in [1.29, 1.82) is 0 Å². The second kappa shape index (κ2) is 8.08. The number of aromatic amines is 1. The first kappa shape index (κ1) is 20.6. The summed E-state index contributed by atoms with van der Waals surface area (Å²) in [5.41, 5.74) is 2.64. The Morgan fingerprint density at radius 3 is 2.94 bits per heavy atom. The molecule has 2 aliphatic rings. The van der Waals surface area contributed by atoms with Crippen molar-refractivity contribution >= 4 is 16.7 Å². The number of hydrogen-bond donors (Lipinski definition) is 1. The van der Waals surface area contributed by atoms with E-state index in [-0.39, 0.29) is 23.6 Å². The Kier molecular flexibility index (Phi) is 5.03. The van der Waals surface area contributed by atoms with Crippen molar-refractivity contribution in [2.45, 2.75) is 25.2 Å². The Hall–Kier alpha value is -3.03. The van der Waals surface area contributed by atoms with E-state index in [0.29, 0.717) is 26.1 Å². The molecular weight excluding hydrogens is 595 g/mol. The number of likely N-dealkylation sites (tertiary alicyclic amines) is 1. The number of aromatic nitrogens is 5. The number of carbonyl (C=O) groups is 1. The molecule has 6 rings (SSSR count). The van der Waals surface area contributed by atoms with E-state index in [1.54, 1.807) is 23.2 Å². The molecule has 1 N–H and O–H groups in total. The molecule has 10 heteroatoms. The second-order valence-corrected chi connectivity index (χ2v) is 9.80. The van der Waals surface area contributed by atoms with Crippen LogP contribution in [0.25, 0.3) is 10.8 Å². The van der Waals surface area contributed by atoms with E-state index < -0.39 is 5.82 Å². The first-order valence-electron chi connectivity index (χ1n) is 10.6. The van der Waals surface area contributed by atoms with Gasteiger partial charge in [-0.05, 0) is 0 Å². The Morgan fingerprint density at radius 1 is 1.21 bits per heavy atom. The molecule has 33 heavy (non-hydrogen) atoms. The normalized spacial score (nSPS) is 19.5. The van der Waals surface area contributed by atoms with Crippen LogP contribution in [-0.4, -0.2) is 55.2 Å². The SMILES string of the molecule is O=C(c1cc(Cc2n[nH][c](=[W])c3ccccc23)ccc1F)N1CC2OCc3cnnn3C2C1. The number of H-pyrrole nitrogens is 1. The van der Waals surface area contributed by atoms with Crippen LogP contribution < -0.4 is 0 Å². The van der Waals surface area contributed by atoms with Crippen molar-refractivity contribution in [3.8, 4) is 0 Å². The fourth-order valence-electron chi connectivity index (χ4n) is 4.68. The number of halogens is 1. The van der Waals surface area contributed by atoms with Crippen LogP contribution in [0.1, 0.15) is 33.4 Å². The van der Waals surface area contributed by atoms with Crippen molar-refractivity contribution in [2.24, 2.45) is 0 Å². The summed E-state index contributed by atoms with van der Waals surface area (Å²) >= 11 is 1.31. The Balaban J connectivity index is 1.28. The van der Waals surface area contributed by atoms with Crippen LogP contribution in [0.3, 0.4) is 0 Å². The summed E-state index contributed by atoms with van der Waals surface area (Å²) in [6.45, 7) is 1.22. The molecule has 0 spiro atoms. The molecule has 1 amide bonds. The van der Waals surface area contributed by atoms with Crippen molar-refractivity contribution < 1.29 is 33.3 Å². The maximum absolute atomic E-state index is 14.8. The Labute approximate surface area is 198 Å². The van der Waals surface area contributed by atoms with Gasteiger partial charge in [0, 0.05) is 0 Å². The number of nitrogens with zero attached hydrogens (tertiary/aromatic N) is 5. The molecule has 2 aliphatic heterocycles. The van der Waals surface area contributed by atoms with E-state index in [1.165, 1.54) is 25.4 Å². The van der Waals surface area contributed by atoms with Crippen molar-refractivity contribution in [1.82, 2.24) is 30.1 Å². The molecule has 1 fully saturated rings. The van der Waals surface area contributed by atoms with Gasteiger partial charge in [-0.15, -0.1) is 5.10 Å². The molecule has 0 aliphatic carbocycles. The predicted molar refractivity (Wildman–Crippen MR) is 112 cm³/mol. The van der Waals surface area contributed by atoms with E-state index in [9.17, 15) is 9.18 Å². The van der Waals surface area contributed by atoms with Gasteiger partial charge in [-0.2, -0.15) is 0 Å². The number of hydrogen-bond acceptors (Lipinski definition) is 5. The summed E-state index contributed by atoms with van der Waals surface area (Å²) in [5.74, 6) is -0.872. The summed E-state index contributed by atoms with van der Waals surface area (Å²) in [6.07, 6.45) is 1.99. The van der Waals surface area contributed by atoms with Crippen molar-refractivity contribution in [3.63, 3.8) is 0 Å². The van der Waals surface area contributed by atoms with Crippen LogP contribution in [0.4, 0.5) is 4.39 Å². The van der Waals surface area contributed by atoms with Gasteiger partial charge in [0.2, 0.25) is 0 Å². The molecule has 2 aromatic carbocycles. The molecule has 2 aromatic heterocycles. The quantitative estimate of drug-likeness (QED) is 0.384. The average molecular weight is 614 g/mol. The molecule has 2 atom stereocenters. The summed E-state index contributed by atoms with van der Waals surface area (Å²) in [6, 6.07) is 12.7. The zero-order chi connectivity index (χ0) is 22.5. The minimum absolute atomic E-state index is 0.0646.